The summed E-state index contributed by atoms with van der Waals surface area (Å²) in [5, 5.41) is 13.0. The van der Waals surface area contributed by atoms with Crippen LogP contribution >= 0.6 is 0 Å². The van der Waals surface area contributed by atoms with Gasteiger partial charge in [0, 0.05) is 31.8 Å². The monoisotopic (exact) mass is 288 g/mol. The van der Waals surface area contributed by atoms with Crippen molar-refractivity contribution in [3.8, 4) is 0 Å². The van der Waals surface area contributed by atoms with E-state index in [0.717, 1.165) is 16.6 Å². The Morgan fingerprint density at radius 3 is 2.90 bits per heavy atom. The van der Waals surface area contributed by atoms with Crippen molar-refractivity contribution in [3.05, 3.63) is 36.0 Å². The van der Waals surface area contributed by atoms with Crippen LogP contribution in [0.15, 0.2) is 35.6 Å². The van der Waals surface area contributed by atoms with Gasteiger partial charge in [0.05, 0.1) is 23.4 Å². The lowest BCUT2D eigenvalue weighted by atomic mass is 10.1. The first-order valence-electron chi connectivity index (χ1n) is 6.83. The summed E-state index contributed by atoms with van der Waals surface area (Å²) >= 11 is 0. The van der Waals surface area contributed by atoms with Gasteiger partial charge in [-0.1, -0.05) is 23.4 Å². The van der Waals surface area contributed by atoms with E-state index in [-0.39, 0.29) is 5.84 Å². The van der Waals surface area contributed by atoms with E-state index in [1.807, 2.05) is 43.1 Å². The van der Waals surface area contributed by atoms with E-state index in [4.69, 9.17) is 15.7 Å². The first-order valence-corrected chi connectivity index (χ1v) is 6.83. The maximum absolute atomic E-state index is 8.97. The molecule has 0 aliphatic heterocycles. The number of aromatic nitrogens is 1. The van der Waals surface area contributed by atoms with E-state index in [9.17, 15) is 0 Å². The number of hydrogen-bond acceptors (Lipinski definition) is 5. The predicted molar refractivity (Wildman–Crippen MR) is 84.0 cm³/mol. The molecule has 0 unspecified atom stereocenters. The Bertz CT molecular complexity index is 643. The maximum Gasteiger partial charge on any atom is 0.173 e. The fourth-order valence-corrected chi connectivity index (χ4v) is 2.24. The van der Waals surface area contributed by atoms with Gasteiger partial charge in [-0.25, -0.2) is 0 Å². The smallest absolute Gasteiger partial charge is 0.173 e. The number of nitrogens with two attached hydrogens (primary N) is 1. The lowest BCUT2D eigenvalue weighted by Gasteiger charge is -2.23. The second-order valence-electron chi connectivity index (χ2n) is 4.64. The second-order valence-corrected chi connectivity index (χ2v) is 4.64. The normalized spacial score (nSPS) is 11.8. The largest absolute Gasteiger partial charge is 0.409 e. The molecule has 1 aromatic heterocycles. The van der Waals surface area contributed by atoms with E-state index in [1.165, 1.54) is 0 Å². The van der Waals surface area contributed by atoms with Crippen molar-refractivity contribution in [2.24, 2.45) is 10.9 Å². The van der Waals surface area contributed by atoms with Crippen LogP contribution in [0.4, 0.5) is 5.69 Å². The molecule has 1 heterocycles. The minimum absolute atomic E-state index is 0.0477. The summed E-state index contributed by atoms with van der Waals surface area (Å²) < 4.78 is 5.40. The molecule has 21 heavy (non-hydrogen) atoms. The number of benzene rings is 1. The van der Waals surface area contributed by atoms with E-state index in [2.05, 4.69) is 10.1 Å². The van der Waals surface area contributed by atoms with E-state index >= 15 is 0 Å². The SMILES string of the molecule is CCOCCN(C)c1c(/C(N)=N/O)cnc2ccccc12. The predicted octanol–water partition coefficient (Wildman–Crippen LogP) is 1.80. The summed E-state index contributed by atoms with van der Waals surface area (Å²) in [7, 11) is 1.95. The average molecular weight is 288 g/mol. The zero-order valence-corrected chi connectivity index (χ0v) is 12.3. The summed E-state index contributed by atoms with van der Waals surface area (Å²) in [6, 6.07) is 7.79. The van der Waals surface area contributed by atoms with Crippen molar-refractivity contribution in [1.29, 1.82) is 0 Å². The molecule has 0 saturated carbocycles. The Morgan fingerprint density at radius 2 is 2.19 bits per heavy atom. The van der Waals surface area contributed by atoms with Crippen LogP contribution in [0.3, 0.4) is 0 Å². The number of amidine groups is 1. The number of pyridine rings is 1. The van der Waals surface area contributed by atoms with Gasteiger partial charge in [-0.2, -0.15) is 0 Å². The summed E-state index contributed by atoms with van der Waals surface area (Å²) in [4.78, 5) is 6.39. The van der Waals surface area contributed by atoms with Gasteiger partial charge in [0.15, 0.2) is 5.84 Å². The number of rotatable bonds is 6. The third kappa shape index (κ3) is 3.22. The topological polar surface area (TPSA) is 84.0 Å². The molecule has 0 radical (unpaired) electrons. The van der Waals surface area contributed by atoms with Gasteiger partial charge < -0.3 is 20.6 Å². The van der Waals surface area contributed by atoms with Crippen LogP contribution in [0.1, 0.15) is 12.5 Å². The molecule has 0 amide bonds. The minimum atomic E-state index is 0.0477. The Labute approximate surface area is 123 Å². The molecule has 2 aromatic rings. The van der Waals surface area contributed by atoms with Crippen molar-refractivity contribution in [2.75, 3.05) is 31.7 Å². The molecular formula is C15H20N4O2. The molecular weight excluding hydrogens is 268 g/mol. The number of nitrogens with zero attached hydrogens (tertiary/aromatic N) is 3. The molecule has 0 atom stereocenters. The minimum Gasteiger partial charge on any atom is -0.409 e. The van der Waals surface area contributed by atoms with Gasteiger partial charge in [0.1, 0.15) is 0 Å². The van der Waals surface area contributed by atoms with Crippen LogP contribution in [0.5, 0.6) is 0 Å². The Morgan fingerprint density at radius 1 is 1.43 bits per heavy atom. The Hall–Kier alpha value is -2.34. The van der Waals surface area contributed by atoms with Crippen molar-refractivity contribution >= 4 is 22.4 Å². The average Bonchev–Trinajstić information content (AvgIpc) is 2.53. The number of anilines is 1. The number of likely N-dealkylation sites (N-methyl/N-ethyl adjacent to an activating group) is 1. The first-order chi connectivity index (χ1) is 10.2. The lowest BCUT2D eigenvalue weighted by Crippen LogP contribution is -2.27. The van der Waals surface area contributed by atoms with Gasteiger partial charge >= 0.3 is 0 Å². The van der Waals surface area contributed by atoms with Crippen LogP contribution < -0.4 is 10.6 Å². The second kappa shape index (κ2) is 6.90. The molecule has 1 aromatic carbocycles. The molecule has 0 spiro atoms. The third-order valence-corrected chi connectivity index (χ3v) is 3.29. The highest BCUT2D eigenvalue weighted by atomic mass is 16.5. The fourth-order valence-electron chi connectivity index (χ4n) is 2.24. The summed E-state index contributed by atoms with van der Waals surface area (Å²) in [6.07, 6.45) is 1.63. The number of hydrogen-bond donors (Lipinski definition) is 2. The highest BCUT2D eigenvalue weighted by Gasteiger charge is 2.15. The zero-order chi connectivity index (χ0) is 15.2. The lowest BCUT2D eigenvalue weighted by molar-refractivity contribution is 0.154. The number of fused-ring (bicyclic) bond motifs is 1. The highest BCUT2D eigenvalue weighted by molar-refractivity contribution is 6.08. The van der Waals surface area contributed by atoms with Crippen molar-refractivity contribution in [3.63, 3.8) is 0 Å². The van der Waals surface area contributed by atoms with Crippen LogP contribution in [-0.4, -0.2) is 42.8 Å². The molecule has 0 aliphatic rings. The molecule has 6 heteroatoms. The quantitative estimate of drug-likeness (QED) is 0.278. The summed E-state index contributed by atoms with van der Waals surface area (Å²) in [5.74, 6) is 0.0477. The highest BCUT2D eigenvalue weighted by Crippen LogP contribution is 2.28. The van der Waals surface area contributed by atoms with Gasteiger partial charge in [-0.05, 0) is 13.0 Å². The van der Waals surface area contributed by atoms with Crippen LogP contribution in [0.2, 0.25) is 0 Å². The number of oxime groups is 1. The number of para-hydroxylation sites is 1. The van der Waals surface area contributed by atoms with Crippen LogP contribution in [0, 0.1) is 0 Å². The molecule has 3 N–H and O–H groups in total. The third-order valence-electron chi connectivity index (χ3n) is 3.29. The van der Waals surface area contributed by atoms with Crippen molar-refractivity contribution in [1.82, 2.24) is 4.98 Å². The molecule has 0 bridgehead atoms. The molecule has 112 valence electrons. The van der Waals surface area contributed by atoms with Crippen molar-refractivity contribution in [2.45, 2.75) is 6.92 Å². The molecule has 2 rings (SSSR count). The Kier molecular flexibility index (Phi) is 4.94. The first kappa shape index (κ1) is 15.1. The van der Waals surface area contributed by atoms with Crippen molar-refractivity contribution < 1.29 is 9.94 Å². The Balaban J connectivity index is 2.50. The van der Waals surface area contributed by atoms with Crippen LogP contribution in [-0.2, 0) is 4.74 Å². The van der Waals surface area contributed by atoms with Gasteiger partial charge in [0.2, 0.25) is 0 Å². The van der Waals surface area contributed by atoms with Gasteiger partial charge in [-0.3, -0.25) is 4.98 Å². The van der Waals surface area contributed by atoms with E-state index in [0.29, 0.717) is 25.3 Å². The van der Waals surface area contributed by atoms with E-state index < -0.39 is 0 Å². The van der Waals surface area contributed by atoms with Gasteiger partial charge in [0.25, 0.3) is 0 Å². The molecule has 0 saturated heterocycles. The fraction of sp³-hybridized carbons (Fsp3) is 0.333. The molecule has 0 fully saturated rings. The maximum atomic E-state index is 8.97. The number of ether oxygens (including phenoxy) is 1. The van der Waals surface area contributed by atoms with Crippen LogP contribution in [0.25, 0.3) is 10.9 Å². The zero-order valence-electron chi connectivity index (χ0n) is 12.3. The standard InChI is InChI=1S/C15H20N4O2/c1-3-21-9-8-19(2)14-11-6-4-5-7-13(11)17-10-12(14)15(16)18-20/h4-7,10,20H,3,8-9H2,1-2H3,(H2,16,18). The van der Waals surface area contributed by atoms with Gasteiger partial charge in [-0.15, -0.1) is 0 Å². The summed E-state index contributed by atoms with van der Waals surface area (Å²) in [5.41, 5.74) is 8.14. The van der Waals surface area contributed by atoms with E-state index in [1.54, 1.807) is 6.20 Å². The molecule has 0 aliphatic carbocycles. The molecule has 6 nitrogen and oxygen atoms in total. The summed E-state index contributed by atoms with van der Waals surface area (Å²) in [6.45, 7) is 3.95.